The van der Waals surface area contributed by atoms with Crippen LogP contribution in [0.25, 0.3) is 11.3 Å². The Balaban J connectivity index is 1.56. The van der Waals surface area contributed by atoms with E-state index in [-0.39, 0.29) is 42.4 Å². The quantitative estimate of drug-likeness (QED) is 0.327. The Morgan fingerprint density at radius 1 is 1.22 bits per heavy atom. The van der Waals surface area contributed by atoms with Crippen molar-refractivity contribution in [1.29, 1.82) is 0 Å². The number of hydrogen-bond acceptors (Lipinski definition) is 6. The molecule has 1 heterocycles. The smallest absolute Gasteiger partial charge is 0.254 e. The van der Waals surface area contributed by atoms with Crippen molar-refractivity contribution in [2.24, 2.45) is 0 Å². The zero-order valence-electron chi connectivity index (χ0n) is 19.9. The average Bonchev–Trinajstić information content (AvgIpc) is 2.85. The number of hydrogen-bond donors (Lipinski definition) is 4. The van der Waals surface area contributed by atoms with Crippen LogP contribution in [0.4, 0.5) is 19.0 Å². The molecule has 1 saturated carbocycles. The molecule has 0 bridgehead atoms. The molecular weight excluding hydrogens is 551 g/mol. The number of carbonyl (C=O) groups is 1. The Labute approximate surface area is 220 Å². The van der Waals surface area contributed by atoms with Gasteiger partial charge < -0.3 is 21.5 Å². The van der Waals surface area contributed by atoms with Gasteiger partial charge in [0, 0.05) is 22.5 Å². The number of nitrogens with zero attached hydrogens (tertiary/aromatic N) is 2. The maximum absolute atomic E-state index is 15.1. The largest absolute Gasteiger partial charge is 0.390 e. The lowest BCUT2D eigenvalue weighted by Crippen LogP contribution is -2.35. The summed E-state index contributed by atoms with van der Waals surface area (Å²) in [4.78, 5) is 21.6. The molecule has 0 spiro atoms. The summed E-state index contributed by atoms with van der Waals surface area (Å²) in [5, 5.41) is 15.3. The van der Waals surface area contributed by atoms with Crippen LogP contribution >= 0.6 is 15.9 Å². The Bertz CT molecular complexity index is 1270. The summed E-state index contributed by atoms with van der Waals surface area (Å²) in [6, 6.07) is 7.63. The van der Waals surface area contributed by atoms with Crippen LogP contribution < -0.4 is 16.4 Å². The molecular formula is C26H26BrF3N5O2. The molecule has 1 radical (unpaired) electrons. The summed E-state index contributed by atoms with van der Waals surface area (Å²) in [5.74, 6) is -2.17. The van der Waals surface area contributed by atoms with Crippen molar-refractivity contribution in [3.63, 3.8) is 0 Å². The maximum atomic E-state index is 15.1. The first kappa shape index (κ1) is 27.0. The van der Waals surface area contributed by atoms with E-state index >= 15 is 4.39 Å². The maximum Gasteiger partial charge on any atom is 0.254 e. The second-order valence-corrected chi connectivity index (χ2v) is 9.87. The minimum atomic E-state index is -1.07. The van der Waals surface area contributed by atoms with E-state index in [0.717, 1.165) is 6.07 Å². The molecule has 4 rings (SSSR count). The van der Waals surface area contributed by atoms with Crippen LogP contribution in [0.1, 0.15) is 52.8 Å². The van der Waals surface area contributed by atoms with Gasteiger partial charge in [0.05, 0.1) is 29.6 Å². The SMILES string of the molecule is CNC[C@@H](NC(=O)c1ccc(-c2nc([C@H]3CC[C@H](O)[C](F)C3)cnc2N)cc1F)c1cc(F)cc(Br)c1. The molecule has 37 heavy (non-hydrogen) atoms. The highest BCUT2D eigenvalue weighted by atomic mass is 79.9. The van der Waals surface area contributed by atoms with Gasteiger partial charge in [0.25, 0.3) is 5.91 Å². The van der Waals surface area contributed by atoms with Gasteiger partial charge in [-0.05, 0) is 62.2 Å². The minimum Gasteiger partial charge on any atom is -0.390 e. The number of anilines is 1. The van der Waals surface area contributed by atoms with Crippen LogP contribution in [-0.2, 0) is 0 Å². The predicted molar refractivity (Wildman–Crippen MR) is 137 cm³/mol. The Hall–Kier alpha value is -3.02. The molecule has 195 valence electrons. The van der Waals surface area contributed by atoms with Crippen LogP contribution in [0.5, 0.6) is 0 Å². The van der Waals surface area contributed by atoms with Gasteiger partial charge in [0.1, 0.15) is 23.1 Å². The molecule has 0 unspecified atom stereocenters. The number of aliphatic hydroxyl groups is 1. The van der Waals surface area contributed by atoms with Crippen LogP contribution in [0.15, 0.2) is 47.1 Å². The van der Waals surface area contributed by atoms with E-state index in [1.807, 2.05) is 0 Å². The van der Waals surface area contributed by atoms with Gasteiger partial charge in [0.15, 0.2) is 6.17 Å². The molecule has 11 heteroatoms. The van der Waals surface area contributed by atoms with E-state index in [2.05, 4.69) is 36.5 Å². The molecule has 1 aliphatic rings. The van der Waals surface area contributed by atoms with Gasteiger partial charge in [-0.3, -0.25) is 4.79 Å². The van der Waals surface area contributed by atoms with E-state index in [9.17, 15) is 18.7 Å². The number of nitrogen functional groups attached to an aromatic ring is 1. The van der Waals surface area contributed by atoms with Crippen molar-refractivity contribution >= 4 is 27.7 Å². The molecule has 3 aromatic rings. The fraction of sp³-hybridized carbons (Fsp3) is 0.308. The molecule has 0 aliphatic heterocycles. The highest BCUT2D eigenvalue weighted by Crippen LogP contribution is 2.38. The van der Waals surface area contributed by atoms with Gasteiger partial charge in [-0.1, -0.05) is 22.0 Å². The zero-order valence-corrected chi connectivity index (χ0v) is 21.5. The number of aliphatic hydroxyl groups excluding tert-OH is 1. The minimum absolute atomic E-state index is 0.0301. The van der Waals surface area contributed by atoms with Crippen LogP contribution in [-0.4, -0.2) is 40.7 Å². The van der Waals surface area contributed by atoms with Crippen molar-refractivity contribution in [1.82, 2.24) is 20.6 Å². The Morgan fingerprint density at radius 3 is 2.68 bits per heavy atom. The number of amides is 1. The number of rotatable bonds is 7. The summed E-state index contributed by atoms with van der Waals surface area (Å²) in [6.07, 6.45) is 0.718. The lowest BCUT2D eigenvalue weighted by Gasteiger charge is -2.27. The molecule has 7 nitrogen and oxygen atoms in total. The molecule has 1 fully saturated rings. The fourth-order valence-electron chi connectivity index (χ4n) is 4.38. The monoisotopic (exact) mass is 576 g/mol. The van der Waals surface area contributed by atoms with Gasteiger partial charge in [-0.15, -0.1) is 0 Å². The summed E-state index contributed by atoms with van der Waals surface area (Å²) < 4.78 is 43.5. The second kappa shape index (κ2) is 11.6. The van der Waals surface area contributed by atoms with Crippen LogP contribution in [0.3, 0.4) is 0 Å². The third-order valence-corrected chi connectivity index (χ3v) is 6.78. The van der Waals surface area contributed by atoms with E-state index in [1.54, 1.807) is 13.1 Å². The van der Waals surface area contributed by atoms with Crippen LogP contribution in [0.2, 0.25) is 0 Å². The third-order valence-electron chi connectivity index (χ3n) is 6.32. The van der Waals surface area contributed by atoms with E-state index < -0.39 is 35.9 Å². The molecule has 5 N–H and O–H groups in total. The van der Waals surface area contributed by atoms with Gasteiger partial charge in [-0.2, -0.15) is 0 Å². The van der Waals surface area contributed by atoms with E-state index in [0.29, 0.717) is 27.7 Å². The second-order valence-electron chi connectivity index (χ2n) is 8.95. The van der Waals surface area contributed by atoms with Crippen molar-refractivity contribution in [3.05, 3.63) is 81.7 Å². The summed E-state index contributed by atoms with van der Waals surface area (Å²) in [7, 11) is 1.68. The lowest BCUT2D eigenvalue weighted by molar-refractivity contribution is 0.0932. The predicted octanol–water partition coefficient (Wildman–Crippen LogP) is 4.59. The molecule has 2 aromatic carbocycles. The van der Waals surface area contributed by atoms with E-state index in [4.69, 9.17) is 5.73 Å². The Morgan fingerprint density at radius 2 is 2.00 bits per heavy atom. The standard InChI is InChI=1S/C26H26BrF3N5O2/c1-32-11-21(15-6-16(27)10-17(28)7-15)35-26(37)18-4-2-14(9-19(18)29)24-25(31)33-12-22(34-24)13-3-5-23(36)20(30)8-13/h2,4,6-7,9-10,12-13,21,23,32,36H,3,5,8,11H2,1H3,(H2,31,33)(H,35,37)/t13-,21+,23-/m0/s1. The molecule has 3 atom stereocenters. The first-order valence-corrected chi connectivity index (χ1v) is 12.5. The summed E-state index contributed by atoms with van der Waals surface area (Å²) >= 11 is 3.24. The zero-order chi connectivity index (χ0) is 26.7. The summed E-state index contributed by atoms with van der Waals surface area (Å²) in [6.45, 7) is 0.288. The first-order valence-electron chi connectivity index (χ1n) is 11.7. The highest BCUT2D eigenvalue weighted by Gasteiger charge is 2.32. The number of nitrogens with two attached hydrogens (primary N) is 1. The molecule has 0 saturated heterocycles. The van der Waals surface area contributed by atoms with Gasteiger partial charge >= 0.3 is 0 Å². The first-order chi connectivity index (χ1) is 17.7. The normalized spacial score (nSPS) is 19.0. The number of nitrogens with one attached hydrogen (secondary N) is 2. The van der Waals surface area contributed by atoms with Crippen molar-refractivity contribution in [2.75, 3.05) is 19.3 Å². The molecule has 1 amide bonds. The highest BCUT2D eigenvalue weighted by molar-refractivity contribution is 9.10. The van der Waals surface area contributed by atoms with Crippen molar-refractivity contribution in [3.8, 4) is 11.3 Å². The van der Waals surface area contributed by atoms with Crippen molar-refractivity contribution in [2.45, 2.75) is 37.3 Å². The number of benzene rings is 2. The molecule has 1 aliphatic carbocycles. The molecule has 1 aromatic heterocycles. The van der Waals surface area contributed by atoms with Crippen LogP contribution in [0, 0.1) is 17.8 Å². The lowest BCUT2D eigenvalue weighted by atomic mass is 9.84. The average molecular weight is 577 g/mol. The summed E-state index contributed by atoms with van der Waals surface area (Å²) in [5.41, 5.74) is 7.32. The Kier molecular flexibility index (Phi) is 8.46. The van der Waals surface area contributed by atoms with Crippen molar-refractivity contribution < 1.29 is 23.1 Å². The van der Waals surface area contributed by atoms with E-state index in [1.165, 1.54) is 30.5 Å². The number of halogens is 4. The number of aromatic nitrogens is 2. The number of carbonyl (C=O) groups excluding carboxylic acids is 1. The fourth-order valence-corrected chi connectivity index (χ4v) is 4.86. The number of likely N-dealkylation sites (N-methyl/N-ethyl adjacent to an activating group) is 1. The topological polar surface area (TPSA) is 113 Å². The van der Waals surface area contributed by atoms with Gasteiger partial charge in [-0.25, -0.2) is 23.1 Å². The third kappa shape index (κ3) is 6.28. The van der Waals surface area contributed by atoms with Gasteiger partial charge in [0.2, 0.25) is 0 Å².